The first-order valence-electron chi connectivity index (χ1n) is 11.8. The zero-order valence-corrected chi connectivity index (χ0v) is 19.1. The summed E-state index contributed by atoms with van der Waals surface area (Å²) in [5.41, 5.74) is 0.742. The van der Waals surface area contributed by atoms with Crippen LogP contribution in [0.4, 0.5) is 0 Å². The minimum atomic E-state index is -3.59. The van der Waals surface area contributed by atoms with E-state index in [0.29, 0.717) is 43.6 Å². The second-order valence-corrected chi connectivity index (χ2v) is 11.1. The predicted octanol–water partition coefficient (Wildman–Crippen LogP) is 3.42. The molecule has 0 radical (unpaired) electrons. The molecule has 1 amide bonds. The SMILES string of the molecule is O=C(C1CCN(S(=O)(=O)c2ccc(-c3noc(C4CCCC4)n3)cc2)CC1)N1CCCC1. The number of nitrogens with zero attached hydrogens (tertiary/aromatic N) is 4. The van der Waals surface area contributed by atoms with Crippen LogP contribution in [0, 0.1) is 5.92 Å². The van der Waals surface area contributed by atoms with Gasteiger partial charge in [0.25, 0.3) is 0 Å². The van der Waals surface area contributed by atoms with Crippen LogP contribution < -0.4 is 0 Å². The van der Waals surface area contributed by atoms with Crippen molar-refractivity contribution in [3.63, 3.8) is 0 Å². The smallest absolute Gasteiger partial charge is 0.243 e. The molecule has 0 N–H and O–H groups in total. The van der Waals surface area contributed by atoms with Crippen molar-refractivity contribution in [1.82, 2.24) is 19.3 Å². The molecule has 5 rings (SSSR count). The molecule has 3 fully saturated rings. The third-order valence-electron chi connectivity index (χ3n) is 7.12. The number of likely N-dealkylation sites (tertiary alicyclic amines) is 1. The Hall–Kier alpha value is -2.26. The number of carbonyl (C=O) groups excluding carboxylic acids is 1. The van der Waals surface area contributed by atoms with Gasteiger partial charge in [-0.1, -0.05) is 18.0 Å². The molecule has 2 saturated heterocycles. The third-order valence-corrected chi connectivity index (χ3v) is 9.03. The van der Waals surface area contributed by atoms with Gasteiger partial charge < -0.3 is 9.42 Å². The summed E-state index contributed by atoms with van der Waals surface area (Å²) in [5.74, 6) is 1.66. The molecule has 3 aliphatic rings. The molecule has 9 heteroatoms. The highest BCUT2D eigenvalue weighted by atomic mass is 32.2. The highest BCUT2D eigenvalue weighted by Crippen LogP contribution is 2.34. The molecule has 2 aromatic rings. The first-order chi connectivity index (χ1) is 15.5. The summed E-state index contributed by atoms with van der Waals surface area (Å²) in [6.45, 7) is 2.44. The summed E-state index contributed by atoms with van der Waals surface area (Å²) >= 11 is 0. The largest absolute Gasteiger partial charge is 0.342 e. The van der Waals surface area contributed by atoms with Gasteiger partial charge in [0.15, 0.2) is 0 Å². The number of sulfonamides is 1. The minimum absolute atomic E-state index is 0.0609. The van der Waals surface area contributed by atoms with Crippen LogP contribution in [-0.4, -0.2) is 59.8 Å². The summed E-state index contributed by atoms with van der Waals surface area (Å²) in [4.78, 5) is 19.3. The highest BCUT2D eigenvalue weighted by molar-refractivity contribution is 7.89. The van der Waals surface area contributed by atoms with Crippen molar-refractivity contribution >= 4 is 15.9 Å². The van der Waals surface area contributed by atoms with E-state index >= 15 is 0 Å². The van der Waals surface area contributed by atoms with Crippen LogP contribution in [0.5, 0.6) is 0 Å². The van der Waals surface area contributed by atoms with E-state index in [1.165, 1.54) is 17.1 Å². The molecule has 0 unspecified atom stereocenters. The second kappa shape index (κ2) is 8.94. The molecule has 172 valence electrons. The maximum absolute atomic E-state index is 13.1. The van der Waals surface area contributed by atoms with E-state index in [2.05, 4.69) is 10.1 Å². The number of aromatic nitrogens is 2. The summed E-state index contributed by atoms with van der Waals surface area (Å²) in [6, 6.07) is 6.69. The van der Waals surface area contributed by atoms with E-state index in [4.69, 9.17) is 4.52 Å². The molecule has 8 nitrogen and oxygen atoms in total. The van der Waals surface area contributed by atoms with Crippen LogP contribution in [0.1, 0.15) is 63.2 Å². The first-order valence-corrected chi connectivity index (χ1v) is 13.2. The standard InChI is InChI=1S/C23H30N4O4S/c28-23(26-13-3-4-14-26)19-11-15-27(16-12-19)32(29,30)20-9-7-17(8-10-20)21-24-22(31-25-21)18-5-1-2-6-18/h7-10,18-19H,1-6,11-16H2. The van der Waals surface area contributed by atoms with Crippen molar-refractivity contribution in [3.05, 3.63) is 30.2 Å². The molecule has 32 heavy (non-hydrogen) atoms. The zero-order valence-electron chi connectivity index (χ0n) is 18.3. The Labute approximate surface area is 189 Å². The van der Waals surface area contributed by atoms with E-state index < -0.39 is 10.0 Å². The van der Waals surface area contributed by atoms with Gasteiger partial charge in [0.2, 0.25) is 27.6 Å². The number of amides is 1. The van der Waals surface area contributed by atoms with E-state index in [9.17, 15) is 13.2 Å². The molecule has 1 aromatic carbocycles. The normalized spacial score (nSPS) is 21.4. The lowest BCUT2D eigenvalue weighted by Crippen LogP contribution is -2.43. The minimum Gasteiger partial charge on any atom is -0.342 e. The molecule has 3 heterocycles. The summed E-state index contributed by atoms with van der Waals surface area (Å²) in [5, 5.41) is 4.09. The summed E-state index contributed by atoms with van der Waals surface area (Å²) in [6.07, 6.45) is 7.86. The fourth-order valence-corrected chi connectivity index (χ4v) is 6.62. The van der Waals surface area contributed by atoms with Crippen molar-refractivity contribution in [2.45, 2.75) is 62.2 Å². The number of hydrogen-bond acceptors (Lipinski definition) is 6. The topological polar surface area (TPSA) is 96.6 Å². The van der Waals surface area contributed by atoms with Gasteiger partial charge in [0.05, 0.1) is 4.90 Å². The molecule has 1 saturated carbocycles. The van der Waals surface area contributed by atoms with Crippen molar-refractivity contribution < 1.29 is 17.7 Å². The Balaban J connectivity index is 1.23. The van der Waals surface area contributed by atoms with Gasteiger partial charge in [0.1, 0.15) is 0 Å². The molecule has 1 aromatic heterocycles. The van der Waals surface area contributed by atoms with Gasteiger partial charge in [-0.15, -0.1) is 0 Å². The van der Waals surface area contributed by atoms with Gasteiger partial charge in [-0.2, -0.15) is 9.29 Å². The number of carbonyl (C=O) groups is 1. The fraction of sp³-hybridized carbons (Fsp3) is 0.609. The summed E-state index contributed by atoms with van der Waals surface area (Å²) in [7, 11) is -3.59. The van der Waals surface area contributed by atoms with Crippen LogP contribution >= 0.6 is 0 Å². The molecule has 0 bridgehead atoms. The molecular formula is C23H30N4O4S. The number of hydrogen-bond donors (Lipinski definition) is 0. The van der Waals surface area contributed by atoms with Crippen LogP contribution in [0.2, 0.25) is 0 Å². The third kappa shape index (κ3) is 4.20. The van der Waals surface area contributed by atoms with Crippen LogP contribution in [0.3, 0.4) is 0 Å². The average Bonchev–Trinajstić information content (AvgIpc) is 3.61. The zero-order chi connectivity index (χ0) is 22.1. The first kappa shape index (κ1) is 21.6. The Bertz CT molecular complexity index is 1050. The van der Waals surface area contributed by atoms with Gasteiger partial charge >= 0.3 is 0 Å². The van der Waals surface area contributed by atoms with Crippen LogP contribution in [0.25, 0.3) is 11.4 Å². The fourth-order valence-electron chi connectivity index (χ4n) is 5.15. The summed E-state index contributed by atoms with van der Waals surface area (Å²) < 4.78 is 33.2. The lowest BCUT2D eigenvalue weighted by atomic mass is 9.97. The molecular weight excluding hydrogens is 428 g/mol. The van der Waals surface area contributed by atoms with Gasteiger partial charge in [-0.05, 0) is 62.8 Å². The highest BCUT2D eigenvalue weighted by Gasteiger charge is 2.34. The monoisotopic (exact) mass is 458 g/mol. The number of piperidine rings is 1. The predicted molar refractivity (Wildman–Crippen MR) is 118 cm³/mol. The number of benzene rings is 1. The Morgan fingerprint density at radius 3 is 2.22 bits per heavy atom. The lowest BCUT2D eigenvalue weighted by Gasteiger charge is -2.32. The van der Waals surface area contributed by atoms with Gasteiger partial charge in [-0.3, -0.25) is 4.79 Å². The maximum atomic E-state index is 13.1. The van der Waals surface area contributed by atoms with Crippen molar-refractivity contribution in [3.8, 4) is 11.4 Å². The molecule has 0 spiro atoms. The average molecular weight is 459 g/mol. The van der Waals surface area contributed by atoms with Gasteiger partial charge in [-0.25, -0.2) is 8.42 Å². The Morgan fingerprint density at radius 2 is 1.56 bits per heavy atom. The second-order valence-electron chi connectivity index (χ2n) is 9.17. The molecule has 0 atom stereocenters. The Morgan fingerprint density at radius 1 is 0.906 bits per heavy atom. The van der Waals surface area contributed by atoms with E-state index in [1.807, 2.05) is 4.90 Å². The van der Waals surface area contributed by atoms with Gasteiger partial charge in [0, 0.05) is 43.6 Å². The molecule has 2 aliphatic heterocycles. The van der Waals surface area contributed by atoms with Crippen LogP contribution in [-0.2, 0) is 14.8 Å². The van der Waals surface area contributed by atoms with E-state index in [1.54, 1.807) is 24.3 Å². The Kier molecular flexibility index (Phi) is 6.03. The van der Waals surface area contributed by atoms with E-state index in [-0.39, 0.29) is 16.7 Å². The number of rotatable bonds is 5. The van der Waals surface area contributed by atoms with Crippen molar-refractivity contribution in [1.29, 1.82) is 0 Å². The maximum Gasteiger partial charge on any atom is 0.243 e. The lowest BCUT2D eigenvalue weighted by molar-refractivity contribution is -0.135. The van der Waals surface area contributed by atoms with Crippen LogP contribution in [0.15, 0.2) is 33.7 Å². The van der Waals surface area contributed by atoms with Crippen molar-refractivity contribution in [2.24, 2.45) is 5.92 Å². The van der Waals surface area contributed by atoms with E-state index in [0.717, 1.165) is 44.3 Å². The van der Waals surface area contributed by atoms with Crippen molar-refractivity contribution in [2.75, 3.05) is 26.2 Å². The quantitative estimate of drug-likeness (QED) is 0.681. The molecule has 1 aliphatic carbocycles.